The minimum absolute atomic E-state index is 0.184. The van der Waals surface area contributed by atoms with Gasteiger partial charge in [0.25, 0.3) is 0 Å². The van der Waals surface area contributed by atoms with Gasteiger partial charge in [-0.2, -0.15) is 0 Å². The quantitative estimate of drug-likeness (QED) is 0.254. The Morgan fingerprint density at radius 3 is 1.32 bits per heavy atom. The summed E-state index contributed by atoms with van der Waals surface area (Å²) in [5.74, 6) is 3.10. The number of halogens is 2. The van der Waals surface area contributed by atoms with Gasteiger partial charge >= 0.3 is 37.9 Å². The maximum absolute atomic E-state index is 6.94. The first-order valence-electron chi connectivity index (χ1n) is 14.2. The number of hydrogen-bond donors (Lipinski definition) is 0. The van der Waals surface area contributed by atoms with Crippen LogP contribution in [0, 0.1) is 0 Å². The van der Waals surface area contributed by atoms with Gasteiger partial charge in [0.2, 0.25) is 16.6 Å². The van der Waals surface area contributed by atoms with Crippen molar-refractivity contribution < 1.29 is 29.7 Å². The Labute approximate surface area is 267 Å². The third kappa shape index (κ3) is 7.96. The molecule has 2 aromatic carbocycles. The summed E-state index contributed by atoms with van der Waals surface area (Å²) in [6.45, 7) is 23.4. The van der Waals surface area contributed by atoms with E-state index < -0.39 is 37.5 Å². The summed E-state index contributed by atoms with van der Waals surface area (Å²) in [5.41, 5.74) is 5.53. The van der Waals surface area contributed by atoms with Gasteiger partial charge in [0.05, 0.1) is 11.5 Å². The average Bonchev–Trinajstić information content (AvgIpc) is 3.35. The van der Waals surface area contributed by atoms with Crippen LogP contribution in [0.2, 0.25) is 48.4 Å². The molecule has 0 aliphatic heterocycles. The van der Waals surface area contributed by atoms with Crippen molar-refractivity contribution in [1.82, 2.24) is 0 Å². The van der Waals surface area contributed by atoms with Crippen LogP contribution in [-0.4, -0.2) is 26.2 Å². The van der Waals surface area contributed by atoms with Crippen LogP contribution in [0.1, 0.15) is 75.6 Å². The van der Waals surface area contributed by atoms with Gasteiger partial charge in [-0.1, -0.05) is 90.1 Å². The van der Waals surface area contributed by atoms with Gasteiger partial charge in [-0.3, -0.25) is 0 Å². The van der Waals surface area contributed by atoms with Gasteiger partial charge in [0, 0.05) is 21.4 Å². The number of fused-ring (bicyclic) bond motifs is 2. The van der Waals surface area contributed by atoms with E-state index in [4.69, 9.17) is 25.9 Å². The molecule has 0 N–H and O–H groups in total. The minimum atomic E-state index is -1.91. The fourth-order valence-corrected chi connectivity index (χ4v) is 8.40. The number of hydrogen-bond acceptors (Lipinski definition) is 2. The molecule has 40 heavy (non-hydrogen) atoms. The van der Waals surface area contributed by atoms with Crippen LogP contribution in [-0.2, 0) is 29.7 Å². The fraction of sp³-hybridized carbons (Fsp3) is 0.500. The van der Waals surface area contributed by atoms with E-state index in [1.54, 1.807) is 0 Å². The Morgan fingerprint density at radius 2 is 1.00 bits per heavy atom. The molecule has 0 heterocycles. The van der Waals surface area contributed by atoms with Crippen molar-refractivity contribution in [1.29, 1.82) is 0 Å². The molecule has 0 saturated heterocycles. The van der Waals surface area contributed by atoms with E-state index in [-0.39, 0.29) is 10.1 Å². The molecular formula is C32H46Cl2O2Si3Zr. The normalized spacial score (nSPS) is 18.6. The predicted octanol–water partition coefficient (Wildman–Crippen LogP) is 11.2. The molecule has 8 heteroatoms. The van der Waals surface area contributed by atoms with Crippen molar-refractivity contribution in [3.05, 3.63) is 82.3 Å². The van der Waals surface area contributed by atoms with Crippen LogP contribution in [0.4, 0.5) is 0 Å². The van der Waals surface area contributed by atoms with E-state index in [9.17, 15) is 0 Å². The first-order chi connectivity index (χ1) is 18.5. The molecule has 0 amide bonds. The predicted molar refractivity (Wildman–Crippen MR) is 178 cm³/mol. The molecule has 2 atom stereocenters. The first kappa shape index (κ1) is 34.1. The van der Waals surface area contributed by atoms with Crippen molar-refractivity contribution in [3.63, 3.8) is 0 Å². The van der Waals surface area contributed by atoms with Gasteiger partial charge in [0.15, 0.2) is 0 Å². The summed E-state index contributed by atoms with van der Waals surface area (Å²) >= 11 is -0.826. The molecule has 0 bridgehead atoms. The summed E-state index contributed by atoms with van der Waals surface area (Å²) in [5, 5.41) is 0.369. The van der Waals surface area contributed by atoms with Gasteiger partial charge < -0.3 is 8.85 Å². The van der Waals surface area contributed by atoms with Gasteiger partial charge in [-0.25, -0.2) is 0 Å². The van der Waals surface area contributed by atoms with Crippen molar-refractivity contribution in [3.8, 4) is 0 Å². The fourth-order valence-electron chi connectivity index (χ4n) is 4.62. The molecule has 0 aromatic heterocycles. The Bertz CT molecular complexity index is 1140. The Kier molecular flexibility index (Phi) is 11.5. The number of benzene rings is 2. The van der Waals surface area contributed by atoms with Crippen molar-refractivity contribution >= 4 is 55.3 Å². The van der Waals surface area contributed by atoms with Crippen LogP contribution in [0.15, 0.2) is 60.0 Å². The molecule has 216 valence electrons. The third-order valence-electron chi connectivity index (χ3n) is 9.08. The first-order valence-corrected chi connectivity index (χ1v) is 27.7. The SMILES string of the molecule is CC(C)(C)[Si](C)(C)OC1=Cc2ccccc2C1C[Si]CC1C(O[Si](C)(C)C(C)(C)C)=Cc2ccccc21.[Cl][Zr][Cl]. The molecule has 0 saturated carbocycles. The second-order valence-corrected chi connectivity index (χ2v) is 28.4. The molecule has 4 rings (SSSR count). The van der Waals surface area contributed by atoms with Gasteiger partial charge in [-0.05, 0) is 82.8 Å². The van der Waals surface area contributed by atoms with Crippen LogP contribution < -0.4 is 0 Å². The molecule has 2 nitrogen and oxygen atoms in total. The van der Waals surface area contributed by atoms with E-state index >= 15 is 0 Å². The molecular weight excluding hydrogens is 663 g/mol. The van der Waals surface area contributed by atoms with E-state index in [0.717, 1.165) is 21.6 Å². The van der Waals surface area contributed by atoms with Crippen LogP contribution in [0.3, 0.4) is 0 Å². The monoisotopic (exact) mass is 706 g/mol. The molecule has 2 radical (unpaired) electrons. The summed E-state index contributed by atoms with van der Waals surface area (Å²) in [7, 11) is 6.88. The molecule has 2 aliphatic rings. The summed E-state index contributed by atoms with van der Waals surface area (Å²) < 4.78 is 13.9. The standard InChI is InChI=1S/C32H46O2Si3.2ClH.Zr/c1-31(2,3)36(7,8)33-29-19-23-15-11-13-17-25(23)27(29)21-35-22-28-26-18-14-12-16-24(26)20-30(28)34-37(9,10)32(4,5)6;;;/h11-20,27-28H,21-22H2,1-10H3;2*1H;/q;;;+2/p-2. The zero-order chi connectivity index (χ0) is 29.9. The molecule has 0 spiro atoms. The van der Waals surface area contributed by atoms with E-state index in [1.165, 1.54) is 33.8 Å². The van der Waals surface area contributed by atoms with Crippen LogP contribution in [0.25, 0.3) is 12.2 Å². The Morgan fingerprint density at radius 1 is 0.675 bits per heavy atom. The molecule has 2 unspecified atom stereocenters. The third-order valence-corrected chi connectivity index (χ3v) is 19.2. The number of rotatable bonds is 8. The molecule has 0 fully saturated rings. The second kappa shape index (κ2) is 13.5. The summed E-state index contributed by atoms with van der Waals surface area (Å²) in [6, 6.07) is 20.0. The second-order valence-electron chi connectivity index (χ2n) is 13.9. The molecule has 2 aromatic rings. The Hall–Kier alpha value is -0.366. The van der Waals surface area contributed by atoms with E-state index in [1.807, 2.05) is 0 Å². The maximum atomic E-state index is 6.94. The van der Waals surface area contributed by atoms with Crippen molar-refractivity contribution in [2.75, 3.05) is 0 Å². The van der Waals surface area contributed by atoms with Crippen molar-refractivity contribution in [2.45, 2.75) is 102 Å². The summed E-state index contributed by atoms with van der Waals surface area (Å²) in [4.78, 5) is 0. The Balaban J connectivity index is 0.00000141. The van der Waals surface area contributed by atoms with E-state index in [2.05, 4.69) is 128 Å². The summed E-state index contributed by atoms with van der Waals surface area (Å²) in [6.07, 6.45) is 4.64. The topological polar surface area (TPSA) is 18.5 Å². The average molecular weight is 709 g/mol. The van der Waals surface area contributed by atoms with E-state index in [0.29, 0.717) is 11.8 Å². The zero-order valence-electron chi connectivity index (χ0n) is 25.9. The number of allylic oxidation sites excluding steroid dienone is 2. The van der Waals surface area contributed by atoms with Gasteiger partial charge in [-0.15, -0.1) is 0 Å². The van der Waals surface area contributed by atoms with Crippen LogP contribution >= 0.6 is 17.0 Å². The van der Waals surface area contributed by atoms with Gasteiger partial charge in [0.1, 0.15) is 0 Å². The van der Waals surface area contributed by atoms with Crippen molar-refractivity contribution in [2.24, 2.45) is 0 Å². The molecule has 2 aliphatic carbocycles. The van der Waals surface area contributed by atoms with Crippen LogP contribution in [0.5, 0.6) is 0 Å². The zero-order valence-corrected chi connectivity index (χ0v) is 32.9.